The van der Waals surface area contributed by atoms with Crippen molar-refractivity contribution in [3.63, 3.8) is 0 Å². The molecule has 3 heterocycles. The molecule has 122 valence electrons. The first-order chi connectivity index (χ1) is 10.6. The smallest absolute Gasteiger partial charge is 0.242 e. The van der Waals surface area contributed by atoms with Crippen molar-refractivity contribution in [3.8, 4) is 0 Å². The SMILES string of the molecule is Cc1nc(CN2CCN(C(=O)C3COCCN3)CC2)oc1C. The number of carbonyl (C=O) groups is 1. The molecule has 1 amide bonds. The standard InChI is InChI=1S/C15H24N4O3/c1-11-12(2)22-14(17-11)9-18-4-6-19(7-5-18)15(20)13-10-21-8-3-16-13/h13,16H,3-10H2,1-2H3. The van der Waals surface area contributed by atoms with Gasteiger partial charge in [0.2, 0.25) is 11.8 Å². The highest BCUT2D eigenvalue weighted by molar-refractivity contribution is 5.82. The van der Waals surface area contributed by atoms with Crippen molar-refractivity contribution >= 4 is 5.91 Å². The highest BCUT2D eigenvalue weighted by Crippen LogP contribution is 2.13. The first kappa shape index (κ1) is 15.5. The molecule has 0 saturated carbocycles. The summed E-state index contributed by atoms with van der Waals surface area (Å²) >= 11 is 0. The van der Waals surface area contributed by atoms with E-state index in [2.05, 4.69) is 15.2 Å². The first-order valence-electron chi connectivity index (χ1n) is 7.88. The highest BCUT2D eigenvalue weighted by Gasteiger charge is 2.29. The van der Waals surface area contributed by atoms with Crippen LogP contribution in [0.15, 0.2) is 4.42 Å². The lowest BCUT2D eigenvalue weighted by Crippen LogP contribution is -2.57. The Kier molecular flexibility index (Phi) is 4.75. The summed E-state index contributed by atoms with van der Waals surface area (Å²) in [7, 11) is 0. The average molecular weight is 308 g/mol. The number of piperazine rings is 1. The molecule has 1 atom stereocenters. The van der Waals surface area contributed by atoms with Crippen LogP contribution in [-0.2, 0) is 16.1 Å². The average Bonchev–Trinajstić information content (AvgIpc) is 2.86. The van der Waals surface area contributed by atoms with Gasteiger partial charge in [-0.25, -0.2) is 4.98 Å². The van der Waals surface area contributed by atoms with Crippen LogP contribution in [0.3, 0.4) is 0 Å². The molecule has 2 saturated heterocycles. The van der Waals surface area contributed by atoms with Crippen LogP contribution in [0.4, 0.5) is 0 Å². The van der Waals surface area contributed by atoms with Gasteiger partial charge in [0.05, 0.1) is 25.5 Å². The molecular formula is C15H24N4O3. The Hall–Kier alpha value is -1.44. The summed E-state index contributed by atoms with van der Waals surface area (Å²) < 4.78 is 11.0. The zero-order valence-corrected chi connectivity index (χ0v) is 13.3. The summed E-state index contributed by atoms with van der Waals surface area (Å²) in [5.74, 6) is 1.80. The van der Waals surface area contributed by atoms with E-state index in [9.17, 15) is 4.79 Å². The minimum atomic E-state index is -0.183. The lowest BCUT2D eigenvalue weighted by atomic mass is 10.2. The molecule has 0 spiro atoms. The van der Waals surface area contributed by atoms with E-state index in [1.165, 1.54) is 0 Å². The van der Waals surface area contributed by atoms with E-state index >= 15 is 0 Å². The Labute approximate surface area is 130 Å². The van der Waals surface area contributed by atoms with Crippen molar-refractivity contribution in [2.75, 3.05) is 45.9 Å². The van der Waals surface area contributed by atoms with Gasteiger partial charge >= 0.3 is 0 Å². The molecule has 1 unspecified atom stereocenters. The molecule has 7 heteroatoms. The van der Waals surface area contributed by atoms with Crippen LogP contribution in [0.1, 0.15) is 17.3 Å². The van der Waals surface area contributed by atoms with Crippen molar-refractivity contribution in [2.45, 2.75) is 26.4 Å². The van der Waals surface area contributed by atoms with E-state index in [4.69, 9.17) is 9.15 Å². The molecule has 0 bridgehead atoms. The number of hydrogen-bond donors (Lipinski definition) is 1. The summed E-state index contributed by atoms with van der Waals surface area (Å²) in [5.41, 5.74) is 0.951. The molecular weight excluding hydrogens is 284 g/mol. The second kappa shape index (κ2) is 6.76. The number of aryl methyl sites for hydroxylation is 2. The van der Waals surface area contributed by atoms with E-state index in [1.54, 1.807) is 0 Å². The number of nitrogens with one attached hydrogen (secondary N) is 1. The number of morpholine rings is 1. The number of nitrogens with zero attached hydrogens (tertiary/aromatic N) is 3. The third kappa shape index (κ3) is 3.48. The Bertz CT molecular complexity index is 497. The van der Waals surface area contributed by atoms with Crippen LogP contribution >= 0.6 is 0 Å². The van der Waals surface area contributed by atoms with Crippen LogP contribution in [0, 0.1) is 13.8 Å². The number of oxazole rings is 1. The van der Waals surface area contributed by atoms with Gasteiger partial charge in [-0.05, 0) is 13.8 Å². The summed E-state index contributed by atoms with van der Waals surface area (Å²) in [6.45, 7) is 9.70. The topological polar surface area (TPSA) is 70.8 Å². The van der Waals surface area contributed by atoms with E-state index in [0.29, 0.717) is 19.8 Å². The van der Waals surface area contributed by atoms with Gasteiger partial charge in [0, 0.05) is 32.7 Å². The Morgan fingerprint density at radius 3 is 2.68 bits per heavy atom. The molecule has 2 aliphatic rings. The molecule has 3 rings (SSSR count). The second-order valence-corrected chi connectivity index (χ2v) is 5.93. The molecule has 22 heavy (non-hydrogen) atoms. The fourth-order valence-corrected chi connectivity index (χ4v) is 2.87. The fraction of sp³-hybridized carbons (Fsp3) is 0.733. The van der Waals surface area contributed by atoms with Gasteiger partial charge in [0.25, 0.3) is 0 Å². The number of hydrogen-bond acceptors (Lipinski definition) is 6. The quantitative estimate of drug-likeness (QED) is 0.842. The second-order valence-electron chi connectivity index (χ2n) is 5.93. The molecule has 2 fully saturated rings. The van der Waals surface area contributed by atoms with Gasteiger partial charge in [0.1, 0.15) is 11.8 Å². The summed E-state index contributed by atoms with van der Waals surface area (Å²) in [5, 5.41) is 3.22. The Balaban J connectivity index is 1.48. The van der Waals surface area contributed by atoms with Gasteiger partial charge in [-0.15, -0.1) is 0 Å². The molecule has 1 aromatic rings. The molecule has 0 aliphatic carbocycles. The van der Waals surface area contributed by atoms with E-state index in [0.717, 1.165) is 50.1 Å². The van der Waals surface area contributed by atoms with Gasteiger partial charge in [-0.3, -0.25) is 9.69 Å². The van der Waals surface area contributed by atoms with Crippen LogP contribution < -0.4 is 5.32 Å². The largest absolute Gasteiger partial charge is 0.444 e. The number of rotatable bonds is 3. The van der Waals surface area contributed by atoms with Crippen molar-refractivity contribution < 1.29 is 13.9 Å². The summed E-state index contributed by atoms with van der Waals surface area (Å²) in [6.07, 6.45) is 0. The highest BCUT2D eigenvalue weighted by atomic mass is 16.5. The van der Waals surface area contributed by atoms with Crippen molar-refractivity contribution in [2.24, 2.45) is 0 Å². The molecule has 7 nitrogen and oxygen atoms in total. The molecule has 1 N–H and O–H groups in total. The Morgan fingerprint density at radius 2 is 2.09 bits per heavy atom. The van der Waals surface area contributed by atoms with Crippen LogP contribution in [-0.4, -0.2) is 72.7 Å². The van der Waals surface area contributed by atoms with E-state index < -0.39 is 0 Å². The predicted octanol–water partition coefficient (Wildman–Crippen LogP) is -0.0760. The summed E-state index contributed by atoms with van der Waals surface area (Å²) in [6, 6.07) is -0.183. The molecule has 0 radical (unpaired) electrons. The lowest BCUT2D eigenvalue weighted by Gasteiger charge is -2.36. The van der Waals surface area contributed by atoms with Crippen LogP contribution in [0.2, 0.25) is 0 Å². The zero-order valence-electron chi connectivity index (χ0n) is 13.3. The molecule has 1 aromatic heterocycles. The lowest BCUT2D eigenvalue weighted by molar-refractivity contribution is -0.138. The number of carbonyl (C=O) groups excluding carboxylic acids is 1. The monoisotopic (exact) mass is 308 g/mol. The zero-order chi connectivity index (χ0) is 15.5. The maximum Gasteiger partial charge on any atom is 0.242 e. The van der Waals surface area contributed by atoms with Gasteiger partial charge in [0.15, 0.2) is 0 Å². The summed E-state index contributed by atoms with van der Waals surface area (Å²) in [4.78, 5) is 21.0. The van der Waals surface area contributed by atoms with Crippen molar-refractivity contribution in [1.29, 1.82) is 0 Å². The van der Waals surface area contributed by atoms with Crippen LogP contribution in [0.5, 0.6) is 0 Å². The van der Waals surface area contributed by atoms with Crippen LogP contribution in [0.25, 0.3) is 0 Å². The van der Waals surface area contributed by atoms with Gasteiger partial charge in [-0.2, -0.15) is 0 Å². The van der Waals surface area contributed by atoms with E-state index in [-0.39, 0.29) is 11.9 Å². The van der Waals surface area contributed by atoms with Gasteiger partial charge in [-0.1, -0.05) is 0 Å². The normalized spacial score (nSPS) is 23.7. The predicted molar refractivity (Wildman–Crippen MR) is 80.4 cm³/mol. The van der Waals surface area contributed by atoms with Crippen molar-refractivity contribution in [1.82, 2.24) is 20.1 Å². The number of ether oxygens (including phenoxy) is 1. The van der Waals surface area contributed by atoms with Gasteiger partial charge < -0.3 is 19.4 Å². The fourth-order valence-electron chi connectivity index (χ4n) is 2.87. The minimum Gasteiger partial charge on any atom is -0.444 e. The first-order valence-corrected chi connectivity index (χ1v) is 7.88. The van der Waals surface area contributed by atoms with Crippen molar-refractivity contribution in [3.05, 3.63) is 17.3 Å². The Morgan fingerprint density at radius 1 is 1.32 bits per heavy atom. The maximum absolute atomic E-state index is 12.4. The third-order valence-electron chi connectivity index (χ3n) is 4.34. The number of aromatic nitrogens is 1. The maximum atomic E-state index is 12.4. The van der Waals surface area contributed by atoms with E-state index in [1.807, 2.05) is 18.7 Å². The number of amides is 1. The molecule has 2 aliphatic heterocycles. The minimum absolute atomic E-state index is 0.155. The molecule has 0 aromatic carbocycles. The third-order valence-corrected chi connectivity index (χ3v) is 4.34.